The number of hydrogen-bond acceptors (Lipinski definition) is 10. The van der Waals surface area contributed by atoms with Gasteiger partial charge < -0.3 is 40.0 Å². The Morgan fingerprint density at radius 3 is 2.48 bits per heavy atom. The molecule has 4 amide bonds. The molecule has 4 unspecified atom stereocenters. The summed E-state index contributed by atoms with van der Waals surface area (Å²) < 4.78 is 33.4. The lowest BCUT2D eigenvalue weighted by atomic mass is 9.82. The number of hydrogen-bond donors (Lipinski definition) is 4. The number of aromatic nitrogens is 2. The van der Waals surface area contributed by atoms with E-state index in [-0.39, 0.29) is 53.8 Å². The highest BCUT2D eigenvalue weighted by atomic mass is 19.1. The third kappa shape index (κ3) is 13.3. The topological polar surface area (TPSA) is 196 Å². The molecule has 2 aromatic heterocycles. The summed E-state index contributed by atoms with van der Waals surface area (Å²) in [5, 5.41) is 12.5. The summed E-state index contributed by atoms with van der Waals surface area (Å²) in [7, 11) is 0. The lowest BCUT2D eigenvalue weighted by molar-refractivity contribution is -0.130. The molecule has 4 N–H and O–H groups in total. The van der Waals surface area contributed by atoms with Crippen LogP contribution >= 0.6 is 0 Å². The molecule has 15 nitrogen and oxygen atoms in total. The van der Waals surface area contributed by atoms with Crippen LogP contribution < -0.4 is 26.8 Å². The number of ether oxygens (including phenoxy) is 3. The normalized spacial score (nSPS) is 15.6. The molecular formula is C51H71FN6O9. The summed E-state index contributed by atoms with van der Waals surface area (Å²) in [5.41, 5.74) is 4.53. The molecule has 1 aromatic carbocycles. The van der Waals surface area contributed by atoms with Crippen molar-refractivity contribution in [1.29, 1.82) is 0 Å². The number of pyridine rings is 2. The second-order valence-electron chi connectivity index (χ2n) is 19.6. The number of carbonyl (C=O) groups excluding carboxylic acids is 5. The van der Waals surface area contributed by atoms with Gasteiger partial charge in [0, 0.05) is 41.6 Å². The first-order chi connectivity index (χ1) is 31.8. The van der Waals surface area contributed by atoms with Crippen LogP contribution in [0.2, 0.25) is 0 Å². The van der Waals surface area contributed by atoms with E-state index in [2.05, 4.69) is 21.3 Å². The number of nitrogens with one attached hydrogen (secondary N) is 4. The van der Waals surface area contributed by atoms with E-state index in [0.717, 1.165) is 40.5 Å². The molecule has 0 spiro atoms. The molecule has 3 aromatic rings. The van der Waals surface area contributed by atoms with Crippen LogP contribution in [0.1, 0.15) is 165 Å². The van der Waals surface area contributed by atoms with Gasteiger partial charge in [-0.15, -0.1) is 0 Å². The fourth-order valence-corrected chi connectivity index (χ4v) is 9.13. The van der Waals surface area contributed by atoms with Gasteiger partial charge in [-0.2, -0.15) is 0 Å². The molecule has 4 atom stereocenters. The maximum atomic E-state index is 15.4. The van der Waals surface area contributed by atoms with Gasteiger partial charge in [0.05, 0.1) is 46.9 Å². The smallest absolute Gasteiger partial charge is 0.412 e. The molecule has 0 radical (unpaired) electrons. The van der Waals surface area contributed by atoms with Crippen LogP contribution in [0.25, 0.3) is 22.3 Å². The average molecular weight is 931 g/mol. The minimum absolute atomic E-state index is 0.00910. The number of halogens is 1. The molecule has 3 heterocycles. The number of alkyl carbamates (subject to hydrolysis) is 1. The van der Waals surface area contributed by atoms with Crippen molar-refractivity contribution in [3.63, 3.8) is 0 Å². The molecule has 2 aliphatic rings. The van der Waals surface area contributed by atoms with Crippen molar-refractivity contribution >= 4 is 41.7 Å². The van der Waals surface area contributed by atoms with Crippen LogP contribution in [-0.4, -0.2) is 70.7 Å². The van der Waals surface area contributed by atoms with E-state index in [1.165, 1.54) is 12.3 Å². The van der Waals surface area contributed by atoms with Gasteiger partial charge in [0.15, 0.2) is 0 Å². The third-order valence-corrected chi connectivity index (χ3v) is 13.0. The summed E-state index contributed by atoms with van der Waals surface area (Å²) in [4.78, 5) is 81.1. The predicted octanol–water partition coefficient (Wildman–Crippen LogP) is 7.98. The Kier molecular flexibility index (Phi) is 18.3. The molecular weight excluding hydrogens is 860 g/mol. The van der Waals surface area contributed by atoms with Crippen LogP contribution in [0.15, 0.2) is 29.3 Å². The number of nitrogens with zero attached hydrogens (tertiary/aromatic N) is 2. The van der Waals surface area contributed by atoms with Gasteiger partial charge in [0.25, 0.3) is 12.0 Å². The van der Waals surface area contributed by atoms with Gasteiger partial charge in [-0.05, 0) is 146 Å². The molecule has 1 aliphatic heterocycles. The Morgan fingerprint density at radius 1 is 1.03 bits per heavy atom. The molecule has 1 aliphatic carbocycles. The highest BCUT2D eigenvalue weighted by molar-refractivity contribution is 5.93. The molecule has 0 saturated heterocycles. The van der Waals surface area contributed by atoms with Gasteiger partial charge in [-0.25, -0.2) is 14.2 Å². The summed E-state index contributed by atoms with van der Waals surface area (Å²) in [6.45, 7) is 18.8. The molecule has 16 heteroatoms. The second-order valence-corrected chi connectivity index (χ2v) is 19.6. The van der Waals surface area contributed by atoms with Gasteiger partial charge in [0.2, 0.25) is 18.2 Å². The number of aryl methyl sites for hydroxylation is 1. The van der Waals surface area contributed by atoms with E-state index in [1.807, 2.05) is 61.5 Å². The summed E-state index contributed by atoms with van der Waals surface area (Å²) >= 11 is 0. The van der Waals surface area contributed by atoms with Crippen molar-refractivity contribution in [2.24, 2.45) is 5.92 Å². The van der Waals surface area contributed by atoms with Crippen molar-refractivity contribution in [3.8, 4) is 11.4 Å². The highest BCUT2D eigenvalue weighted by Crippen LogP contribution is 2.45. The lowest BCUT2D eigenvalue weighted by Gasteiger charge is -2.30. The standard InChI is InChI=1S/C51H71FN6O9/c1-10-16-33(46(61)53-22-14-12-18-40(54-29-59)47(62)57-51(8,9)21-24-67-50(5,6)7)17-13-15-23-66-49(64)56-39-20-19-34-32(4)38(52)26-41-43(34)44(39)36-27-58-42(45(36)55-41)25-35(31(3)11-2)37(48(58)63)28-65-30-60/h15,23,25-26,29-31,33,39-40H,10-14,16-22,24,27-28H2,1-9H3,(H,53,61)(H,54,59)(H,56,64)(H,57,62)/b23-15+. The minimum Gasteiger partial charge on any atom is -0.463 e. The number of fused-ring (bicyclic) bond motifs is 4. The molecule has 0 saturated carbocycles. The fourth-order valence-electron chi connectivity index (χ4n) is 9.13. The molecule has 67 heavy (non-hydrogen) atoms. The first kappa shape index (κ1) is 52.3. The van der Waals surface area contributed by atoms with E-state index >= 15 is 4.39 Å². The number of benzene rings is 1. The fraction of sp³-hybridized carbons (Fsp3) is 0.588. The van der Waals surface area contributed by atoms with Crippen LogP contribution in [0.5, 0.6) is 0 Å². The number of carbonyl (C=O) groups is 5. The van der Waals surface area contributed by atoms with Crippen LogP contribution in [0, 0.1) is 18.7 Å². The Balaban J connectivity index is 1.17. The maximum Gasteiger partial charge on any atom is 0.412 e. The van der Waals surface area contributed by atoms with E-state index in [0.29, 0.717) is 112 Å². The zero-order valence-electron chi connectivity index (χ0n) is 40.8. The largest absolute Gasteiger partial charge is 0.463 e. The summed E-state index contributed by atoms with van der Waals surface area (Å²) in [6, 6.07) is 2.12. The van der Waals surface area contributed by atoms with Gasteiger partial charge in [-0.3, -0.25) is 24.0 Å². The lowest BCUT2D eigenvalue weighted by Crippen LogP contribution is -2.52. The van der Waals surface area contributed by atoms with Crippen molar-refractivity contribution < 1.29 is 42.6 Å². The van der Waals surface area contributed by atoms with Crippen molar-refractivity contribution in [3.05, 3.63) is 74.0 Å². The maximum absolute atomic E-state index is 15.4. The molecule has 5 rings (SSSR count). The van der Waals surface area contributed by atoms with Crippen LogP contribution in [-0.2, 0) is 53.0 Å². The highest BCUT2D eigenvalue weighted by Gasteiger charge is 2.36. The molecule has 366 valence electrons. The number of allylic oxidation sites excluding steroid dienone is 1. The first-order valence-corrected chi connectivity index (χ1v) is 23.9. The number of amides is 4. The summed E-state index contributed by atoms with van der Waals surface area (Å²) in [6.07, 6.45) is 9.40. The Morgan fingerprint density at radius 2 is 1.79 bits per heavy atom. The van der Waals surface area contributed by atoms with Crippen molar-refractivity contribution in [2.45, 2.75) is 175 Å². The van der Waals surface area contributed by atoms with Crippen LogP contribution in [0.3, 0.4) is 0 Å². The quantitative estimate of drug-likeness (QED) is 0.0287. The average Bonchev–Trinajstić information content (AvgIpc) is 3.64. The zero-order chi connectivity index (χ0) is 49.1. The Hall–Kier alpha value is -5.64. The van der Waals surface area contributed by atoms with Crippen LogP contribution in [0.4, 0.5) is 9.18 Å². The SMILES string of the molecule is CCCC(CC/C=C/OC(=O)NC1CCc2c(C)c(F)cc3nc4c(c1c23)Cn1c-4cc(C(C)CC)c(COC=O)c1=O)C(=O)NCCCCC(NC=O)C(=O)NC(C)(C)CCOC(C)(C)C. The van der Waals surface area contributed by atoms with E-state index in [9.17, 15) is 28.8 Å². The summed E-state index contributed by atoms with van der Waals surface area (Å²) in [5.74, 6) is -0.960. The third-order valence-electron chi connectivity index (χ3n) is 13.0. The Bertz CT molecular complexity index is 2370. The predicted molar refractivity (Wildman–Crippen MR) is 255 cm³/mol. The monoisotopic (exact) mass is 931 g/mol. The number of unbranched alkanes of at least 4 members (excludes halogenated alkanes) is 1. The molecule has 0 fully saturated rings. The van der Waals surface area contributed by atoms with Crippen molar-refractivity contribution in [1.82, 2.24) is 30.8 Å². The van der Waals surface area contributed by atoms with Gasteiger partial charge in [0.1, 0.15) is 18.5 Å². The molecule has 0 bridgehead atoms. The van der Waals surface area contributed by atoms with E-state index in [1.54, 1.807) is 17.6 Å². The first-order valence-electron chi connectivity index (χ1n) is 23.9. The Labute approximate surface area is 393 Å². The van der Waals surface area contributed by atoms with Gasteiger partial charge in [-0.1, -0.05) is 27.2 Å². The van der Waals surface area contributed by atoms with E-state index in [4.69, 9.17) is 19.2 Å². The van der Waals surface area contributed by atoms with Gasteiger partial charge >= 0.3 is 6.09 Å². The zero-order valence-corrected chi connectivity index (χ0v) is 40.8. The second kappa shape index (κ2) is 23.4. The minimum atomic E-state index is -0.693. The van der Waals surface area contributed by atoms with E-state index < -0.39 is 23.7 Å². The number of rotatable bonds is 25. The van der Waals surface area contributed by atoms with Crippen molar-refractivity contribution in [2.75, 3.05) is 13.2 Å².